The fourth-order valence-electron chi connectivity index (χ4n) is 1.39. The molecule has 3 nitrogen and oxygen atoms in total. The van der Waals surface area contributed by atoms with Crippen LogP contribution in [-0.4, -0.2) is 9.19 Å². The van der Waals surface area contributed by atoms with Gasteiger partial charge in [-0.25, -0.2) is 4.98 Å². The maximum Gasteiger partial charge on any atom is 0.0897 e. The van der Waals surface area contributed by atoms with Crippen molar-refractivity contribution in [3.63, 3.8) is 0 Å². The summed E-state index contributed by atoms with van der Waals surface area (Å²) in [6.07, 6.45) is 0. The van der Waals surface area contributed by atoms with Crippen molar-refractivity contribution in [2.45, 2.75) is 17.6 Å². The molecular formula is C11H11ClN2OS2. The molecule has 0 radical (unpaired) electrons. The molecule has 1 unspecified atom stereocenters. The lowest BCUT2D eigenvalue weighted by Gasteiger charge is -2.04. The van der Waals surface area contributed by atoms with Gasteiger partial charge in [0.05, 0.1) is 37.2 Å². The van der Waals surface area contributed by atoms with Crippen molar-refractivity contribution in [2.24, 2.45) is 0 Å². The highest BCUT2D eigenvalue weighted by Crippen LogP contribution is 2.24. The minimum atomic E-state index is -1.18. The molecule has 0 aliphatic carbocycles. The topological polar surface area (TPSA) is 56.0 Å². The molecule has 1 aromatic heterocycles. The number of halogens is 1. The number of hydrogen-bond acceptors (Lipinski definition) is 4. The van der Waals surface area contributed by atoms with E-state index in [4.69, 9.17) is 17.3 Å². The maximum atomic E-state index is 12.1. The van der Waals surface area contributed by atoms with E-state index in [1.807, 2.05) is 12.3 Å². The van der Waals surface area contributed by atoms with E-state index in [1.165, 1.54) is 0 Å². The molecule has 0 aliphatic rings. The molecule has 2 rings (SSSR count). The van der Waals surface area contributed by atoms with Gasteiger partial charge in [-0.2, -0.15) is 0 Å². The quantitative estimate of drug-likeness (QED) is 0.883. The Morgan fingerprint density at radius 1 is 1.53 bits per heavy atom. The second-order valence-corrected chi connectivity index (χ2v) is 6.43. The summed E-state index contributed by atoms with van der Waals surface area (Å²) in [5.74, 6) is 0.383. The highest BCUT2D eigenvalue weighted by atomic mass is 35.5. The van der Waals surface area contributed by atoms with Crippen LogP contribution >= 0.6 is 22.9 Å². The molecule has 0 saturated heterocycles. The van der Waals surface area contributed by atoms with E-state index in [0.717, 1.165) is 10.7 Å². The molecule has 1 atom stereocenters. The van der Waals surface area contributed by atoms with Gasteiger partial charge in [0.25, 0.3) is 0 Å². The molecule has 2 N–H and O–H groups in total. The van der Waals surface area contributed by atoms with Crippen molar-refractivity contribution in [1.29, 1.82) is 0 Å². The summed E-state index contributed by atoms with van der Waals surface area (Å²) >= 11 is 7.55. The number of benzene rings is 1. The Morgan fingerprint density at radius 2 is 2.29 bits per heavy atom. The van der Waals surface area contributed by atoms with Crippen molar-refractivity contribution in [3.05, 3.63) is 39.3 Å². The van der Waals surface area contributed by atoms with Gasteiger partial charge >= 0.3 is 0 Å². The third-order valence-electron chi connectivity index (χ3n) is 2.15. The van der Waals surface area contributed by atoms with Crippen LogP contribution in [0.1, 0.15) is 10.7 Å². The smallest absolute Gasteiger partial charge is 0.0897 e. The second kappa shape index (κ2) is 5.16. The summed E-state index contributed by atoms with van der Waals surface area (Å²) in [5.41, 5.74) is 6.99. The highest BCUT2D eigenvalue weighted by Gasteiger charge is 2.11. The Morgan fingerprint density at radius 3 is 2.88 bits per heavy atom. The number of aryl methyl sites for hydroxylation is 1. The largest absolute Gasteiger partial charge is 0.399 e. The lowest BCUT2D eigenvalue weighted by Crippen LogP contribution is -1.98. The van der Waals surface area contributed by atoms with Gasteiger partial charge in [0.1, 0.15) is 0 Å². The maximum absolute atomic E-state index is 12.1. The lowest BCUT2D eigenvalue weighted by molar-refractivity contribution is 0.682. The minimum absolute atomic E-state index is 0.383. The van der Waals surface area contributed by atoms with Crippen LogP contribution in [0, 0.1) is 6.92 Å². The summed E-state index contributed by atoms with van der Waals surface area (Å²) < 4.78 is 12.1. The molecule has 17 heavy (non-hydrogen) atoms. The fourth-order valence-corrected chi connectivity index (χ4v) is 3.62. The molecule has 0 aliphatic heterocycles. The first kappa shape index (κ1) is 12.5. The molecule has 0 bridgehead atoms. The van der Waals surface area contributed by atoms with Crippen LogP contribution in [0.5, 0.6) is 0 Å². The normalized spacial score (nSPS) is 12.6. The second-order valence-electron chi connectivity index (χ2n) is 3.54. The Labute approximate surface area is 111 Å². The predicted molar refractivity (Wildman–Crippen MR) is 72.8 cm³/mol. The number of aromatic nitrogens is 1. The zero-order valence-corrected chi connectivity index (χ0v) is 11.5. The van der Waals surface area contributed by atoms with Gasteiger partial charge in [0.15, 0.2) is 0 Å². The van der Waals surface area contributed by atoms with Crippen LogP contribution < -0.4 is 5.73 Å². The van der Waals surface area contributed by atoms with Crippen molar-refractivity contribution in [1.82, 2.24) is 4.98 Å². The number of nitrogen functional groups attached to an aromatic ring is 1. The lowest BCUT2D eigenvalue weighted by atomic mass is 10.3. The van der Waals surface area contributed by atoms with E-state index >= 15 is 0 Å². The number of hydrogen-bond donors (Lipinski definition) is 1. The van der Waals surface area contributed by atoms with E-state index in [0.29, 0.717) is 21.4 Å². The van der Waals surface area contributed by atoms with Crippen LogP contribution in [0.15, 0.2) is 28.5 Å². The van der Waals surface area contributed by atoms with Gasteiger partial charge in [-0.05, 0) is 25.1 Å². The van der Waals surface area contributed by atoms with Gasteiger partial charge in [0, 0.05) is 11.1 Å². The molecule has 2 aromatic rings. The third kappa shape index (κ3) is 3.06. The van der Waals surface area contributed by atoms with Crippen LogP contribution in [-0.2, 0) is 16.6 Å². The van der Waals surface area contributed by atoms with Gasteiger partial charge < -0.3 is 5.73 Å². The molecule has 1 heterocycles. The number of anilines is 1. The SMILES string of the molecule is Cc1nc(CS(=O)c2ccc(N)cc2Cl)cs1. The Bertz CT molecular complexity index is 568. The van der Waals surface area contributed by atoms with Gasteiger partial charge in [-0.3, -0.25) is 4.21 Å². The van der Waals surface area contributed by atoms with Crippen molar-refractivity contribution >= 4 is 39.4 Å². The monoisotopic (exact) mass is 286 g/mol. The Kier molecular flexibility index (Phi) is 3.81. The Balaban J connectivity index is 2.20. The van der Waals surface area contributed by atoms with Crippen molar-refractivity contribution < 1.29 is 4.21 Å². The van der Waals surface area contributed by atoms with E-state index in [-0.39, 0.29) is 0 Å². The number of rotatable bonds is 3. The molecule has 90 valence electrons. The number of nitrogens with two attached hydrogens (primary N) is 1. The van der Waals surface area contributed by atoms with Crippen molar-refractivity contribution in [3.8, 4) is 0 Å². The van der Waals surface area contributed by atoms with E-state index < -0.39 is 10.8 Å². The van der Waals surface area contributed by atoms with Crippen molar-refractivity contribution in [2.75, 3.05) is 5.73 Å². The highest BCUT2D eigenvalue weighted by molar-refractivity contribution is 7.84. The number of thiazole rings is 1. The molecule has 1 aromatic carbocycles. The van der Waals surface area contributed by atoms with Gasteiger partial charge in [-0.1, -0.05) is 11.6 Å². The number of nitrogens with zero attached hydrogens (tertiary/aromatic N) is 1. The first-order valence-corrected chi connectivity index (χ1v) is 7.48. The fraction of sp³-hybridized carbons (Fsp3) is 0.182. The first-order valence-electron chi connectivity index (χ1n) is 4.90. The van der Waals surface area contributed by atoms with Crippen LogP contribution in [0.25, 0.3) is 0 Å². The summed E-state index contributed by atoms with van der Waals surface area (Å²) in [6.45, 7) is 1.92. The van der Waals surface area contributed by atoms with Gasteiger partial charge in [-0.15, -0.1) is 11.3 Å². The van der Waals surface area contributed by atoms with E-state index in [2.05, 4.69) is 4.98 Å². The molecule has 0 spiro atoms. The standard InChI is InChI=1S/C11H11ClN2OS2/c1-7-14-9(5-16-7)6-17(15)11-3-2-8(13)4-10(11)12/h2-5H,6,13H2,1H3. The van der Waals surface area contributed by atoms with Crippen LogP contribution in [0.4, 0.5) is 5.69 Å². The van der Waals surface area contributed by atoms with Gasteiger partial charge in [0.2, 0.25) is 0 Å². The third-order valence-corrected chi connectivity index (χ3v) is 4.80. The summed E-state index contributed by atoms with van der Waals surface area (Å²) in [5, 5.41) is 3.33. The summed E-state index contributed by atoms with van der Waals surface area (Å²) in [4.78, 5) is 4.88. The Hall–Kier alpha value is -0.910. The minimum Gasteiger partial charge on any atom is -0.399 e. The van der Waals surface area contributed by atoms with E-state index in [9.17, 15) is 4.21 Å². The predicted octanol–water partition coefficient (Wildman–Crippen LogP) is 2.99. The zero-order chi connectivity index (χ0) is 12.4. The first-order chi connectivity index (χ1) is 8.06. The van der Waals surface area contributed by atoms with Crippen LogP contribution in [0.3, 0.4) is 0 Å². The molecular weight excluding hydrogens is 276 g/mol. The zero-order valence-electron chi connectivity index (χ0n) is 9.14. The molecule has 0 amide bonds. The molecule has 6 heteroatoms. The summed E-state index contributed by atoms with van der Waals surface area (Å²) in [6, 6.07) is 5.01. The van der Waals surface area contributed by atoms with Crippen LogP contribution in [0.2, 0.25) is 5.02 Å². The average molecular weight is 287 g/mol. The summed E-state index contributed by atoms with van der Waals surface area (Å²) in [7, 11) is -1.18. The van der Waals surface area contributed by atoms with E-state index in [1.54, 1.807) is 29.5 Å². The molecule has 0 fully saturated rings. The molecule has 0 saturated carbocycles. The average Bonchev–Trinajstić information content (AvgIpc) is 2.63.